The van der Waals surface area contributed by atoms with Crippen LogP contribution in [0.4, 0.5) is 4.39 Å². The van der Waals surface area contributed by atoms with Gasteiger partial charge in [0.25, 0.3) is 0 Å². The normalized spacial score (nSPS) is 13.1. The van der Waals surface area contributed by atoms with Crippen LogP contribution in [0.5, 0.6) is 0 Å². The third-order valence-electron chi connectivity index (χ3n) is 2.74. The van der Waals surface area contributed by atoms with Gasteiger partial charge in [0, 0.05) is 23.6 Å². The third kappa shape index (κ3) is 3.17. The number of halogens is 2. The molecule has 1 aromatic rings. The van der Waals surface area contributed by atoms with Gasteiger partial charge < -0.3 is 10.8 Å². The summed E-state index contributed by atoms with van der Waals surface area (Å²) in [4.78, 5) is 0. The van der Waals surface area contributed by atoms with Gasteiger partial charge in [-0.25, -0.2) is 4.39 Å². The first-order valence-electron chi connectivity index (χ1n) is 5.01. The Bertz CT molecular complexity index is 355. The highest BCUT2D eigenvalue weighted by atomic mass is 35.5. The van der Waals surface area contributed by atoms with Crippen LogP contribution in [0.1, 0.15) is 31.0 Å². The van der Waals surface area contributed by atoms with Crippen molar-refractivity contribution in [2.45, 2.75) is 26.8 Å². The summed E-state index contributed by atoms with van der Waals surface area (Å²) in [6.07, 6.45) is 0. The molecule has 0 amide bonds. The van der Waals surface area contributed by atoms with E-state index in [1.54, 1.807) is 12.1 Å². The van der Waals surface area contributed by atoms with Crippen molar-refractivity contribution in [3.05, 3.63) is 35.1 Å². The lowest BCUT2D eigenvalue weighted by Gasteiger charge is -2.30. The Morgan fingerprint density at radius 2 is 2.00 bits per heavy atom. The Kier molecular flexibility index (Phi) is 5.39. The second-order valence-corrected chi connectivity index (χ2v) is 4.65. The predicted molar refractivity (Wildman–Crippen MR) is 66.2 cm³/mol. The van der Waals surface area contributed by atoms with Crippen molar-refractivity contribution in [3.8, 4) is 0 Å². The molecule has 0 fully saturated rings. The summed E-state index contributed by atoms with van der Waals surface area (Å²) in [5.74, 6) is -0.311. The van der Waals surface area contributed by atoms with Crippen LogP contribution >= 0.6 is 12.4 Å². The Labute approximate surface area is 102 Å². The molecule has 0 radical (unpaired) electrons. The number of nitrogens with two attached hydrogens (primary N) is 1. The van der Waals surface area contributed by atoms with Crippen molar-refractivity contribution >= 4 is 12.4 Å². The van der Waals surface area contributed by atoms with E-state index in [0.29, 0.717) is 5.56 Å². The molecule has 0 aliphatic heterocycles. The van der Waals surface area contributed by atoms with E-state index in [1.165, 1.54) is 6.07 Å². The summed E-state index contributed by atoms with van der Waals surface area (Å²) < 4.78 is 13.5. The second-order valence-electron chi connectivity index (χ2n) is 4.65. The van der Waals surface area contributed by atoms with Gasteiger partial charge >= 0.3 is 0 Å². The molecule has 0 heterocycles. The molecule has 2 nitrogen and oxygen atoms in total. The van der Waals surface area contributed by atoms with Crippen molar-refractivity contribution in [2.75, 3.05) is 6.61 Å². The van der Waals surface area contributed by atoms with Gasteiger partial charge in [-0.1, -0.05) is 31.5 Å². The maximum absolute atomic E-state index is 13.5. The first-order chi connectivity index (χ1) is 6.88. The fourth-order valence-corrected chi connectivity index (χ4v) is 1.42. The summed E-state index contributed by atoms with van der Waals surface area (Å²) in [6, 6.07) is 4.36. The maximum atomic E-state index is 13.5. The molecule has 16 heavy (non-hydrogen) atoms. The summed E-state index contributed by atoms with van der Waals surface area (Å²) >= 11 is 0. The first kappa shape index (κ1) is 15.4. The Morgan fingerprint density at radius 1 is 1.44 bits per heavy atom. The Balaban J connectivity index is 0.00000225. The van der Waals surface area contributed by atoms with Crippen molar-refractivity contribution in [2.24, 2.45) is 11.1 Å². The molecule has 0 spiro atoms. The molecule has 0 saturated carbocycles. The largest absolute Gasteiger partial charge is 0.396 e. The van der Waals surface area contributed by atoms with E-state index < -0.39 is 11.5 Å². The summed E-state index contributed by atoms with van der Waals surface area (Å²) in [5, 5.41) is 9.18. The molecule has 1 atom stereocenters. The van der Waals surface area contributed by atoms with Crippen LogP contribution in [0.3, 0.4) is 0 Å². The quantitative estimate of drug-likeness (QED) is 0.863. The Hall–Kier alpha value is -0.640. The van der Waals surface area contributed by atoms with E-state index in [9.17, 15) is 9.50 Å². The zero-order chi connectivity index (χ0) is 11.6. The maximum Gasteiger partial charge on any atom is 0.128 e. The molecular weight excluding hydrogens is 229 g/mol. The van der Waals surface area contributed by atoms with Gasteiger partial charge in [0.05, 0.1) is 0 Å². The zero-order valence-corrected chi connectivity index (χ0v) is 10.6. The third-order valence-corrected chi connectivity index (χ3v) is 2.74. The number of hydrogen-bond donors (Lipinski definition) is 2. The highest BCUT2D eigenvalue weighted by molar-refractivity contribution is 5.85. The minimum Gasteiger partial charge on any atom is -0.396 e. The van der Waals surface area contributed by atoms with Gasteiger partial charge in [0.1, 0.15) is 5.82 Å². The van der Waals surface area contributed by atoms with Crippen LogP contribution in [-0.4, -0.2) is 11.7 Å². The smallest absolute Gasteiger partial charge is 0.128 e. The molecule has 1 rings (SSSR count). The molecular formula is C12H19ClFNO. The van der Waals surface area contributed by atoms with Crippen LogP contribution in [-0.2, 0) is 0 Å². The molecule has 0 unspecified atom stereocenters. The van der Waals surface area contributed by atoms with Crippen LogP contribution in [0, 0.1) is 18.2 Å². The van der Waals surface area contributed by atoms with Gasteiger partial charge in [0.15, 0.2) is 0 Å². The van der Waals surface area contributed by atoms with E-state index in [0.717, 1.165) is 5.56 Å². The highest BCUT2D eigenvalue weighted by Gasteiger charge is 2.28. The fraction of sp³-hybridized carbons (Fsp3) is 0.500. The molecule has 1 aromatic carbocycles. The molecule has 3 N–H and O–H groups in total. The van der Waals surface area contributed by atoms with E-state index in [4.69, 9.17) is 5.73 Å². The average molecular weight is 248 g/mol. The summed E-state index contributed by atoms with van der Waals surface area (Å²) in [6.45, 7) is 5.46. The van der Waals surface area contributed by atoms with Crippen LogP contribution in [0.15, 0.2) is 18.2 Å². The average Bonchev–Trinajstić information content (AvgIpc) is 2.20. The van der Waals surface area contributed by atoms with Gasteiger partial charge in [-0.2, -0.15) is 0 Å². The highest BCUT2D eigenvalue weighted by Crippen LogP contribution is 2.32. The summed E-state index contributed by atoms with van der Waals surface area (Å²) in [5.41, 5.74) is 6.87. The molecule has 0 saturated heterocycles. The van der Waals surface area contributed by atoms with Crippen molar-refractivity contribution in [3.63, 3.8) is 0 Å². The Morgan fingerprint density at radius 3 is 2.50 bits per heavy atom. The molecule has 0 aromatic heterocycles. The number of rotatable bonds is 3. The number of aryl methyl sites for hydroxylation is 1. The van der Waals surface area contributed by atoms with Crippen LogP contribution < -0.4 is 5.73 Å². The van der Waals surface area contributed by atoms with Crippen molar-refractivity contribution in [1.29, 1.82) is 0 Å². The van der Waals surface area contributed by atoms with Gasteiger partial charge in [-0.15, -0.1) is 12.4 Å². The monoisotopic (exact) mass is 247 g/mol. The topological polar surface area (TPSA) is 46.2 Å². The van der Waals surface area contributed by atoms with E-state index in [-0.39, 0.29) is 24.8 Å². The number of benzene rings is 1. The summed E-state index contributed by atoms with van der Waals surface area (Å²) in [7, 11) is 0. The predicted octanol–water partition coefficient (Wildman–Crippen LogP) is 2.57. The van der Waals surface area contributed by atoms with Crippen LogP contribution in [0.2, 0.25) is 0 Å². The van der Waals surface area contributed by atoms with Gasteiger partial charge in [0.2, 0.25) is 0 Å². The molecule has 0 aliphatic carbocycles. The fourth-order valence-electron chi connectivity index (χ4n) is 1.42. The van der Waals surface area contributed by atoms with E-state index >= 15 is 0 Å². The molecule has 4 heteroatoms. The first-order valence-corrected chi connectivity index (χ1v) is 5.01. The lowest BCUT2D eigenvalue weighted by Crippen LogP contribution is -2.33. The van der Waals surface area contributed by atoms with E-state index in [1.807, 2.05) is 20.8 Å². The molecule has 0 aliphatic rings. The van der Waals surface area contributed by atoms with Crippen LogP contribution in [0.25, 0.3) is 0 Å². The zero-order valence-electron chi connectivity index (χ0n) is 9.83. The van der Waals surface area contributed by atoms with E-state index in [2.05, 4.69) is 0 Å². The number of aliphatic hydroxyl groups excluding tert-OH is 1. The lowest BCUT2D eigenvalue weighted by molar-refractivity contribution is 0.131. The molecule has 0 bridgehead atoms. The number of hydrogen-bond acceptors (Lipinski definition) is 2. The van der Waals surface area contributed by atoms with Crippen molar-refractivity contribution < 1.29 is 9.50 Å². The molecule has 92 valence electrons. The van der Waals surface area contributed by atoms with Crippen molar-refractivity contribution in [1.82, 2.24) is 0 Å². The van der Waals surface area contributed by atoms with Gasteiger partial charge in [-0.3, -0.25) is 0 Å². The second kappa shape index (κ2) is 5.62. The SMILES string of the molecule is Cc1ccc(F)c([C@H](N)C(C)(C)CO)c1.Cl. The minimum absolute atomic E-state index is 0. The lowest BCUT2D eigenvalue weighted by atomic mass is 9.81. The minimum atomic E-state index is -0.519. The number of aliphatic hydroxyl groups is 1. The standard InChI is InChI=1S/C12H18FNO.ClH/c1-8-4-5-10(13)9(6-8)11(14)12(2,3)7-15;/h4-6,11,15H,7,14H2,1-3H3;1H/t11-;/m0./s1. The van der Waals surface area contributed by atoms with Gasteiger partial charge in [-0.05, 0) is 13.0 Å².